The molecular weight excluding hydrogens is 131 g/mol. The quantitative estimate of drug-likeness (QED) is 0.365. The van der Waals surface area contributed by atoms with E-state index in [4.69, 9.17) is 0 Å². The van der Waals surface area contributed by atoms with Gasteiger partial charge in [-0.1, -0.05) is 18.2 Å². The summed E-state index contributed by atoms with van der Waals surface area (Å²) in [6, 6.07) is 10.1. The van der Waals surface area contributed by atoms with Gasteiger partial charge in [-0.2, -0.15) is 5.56 Å². The van der Waals surface area contributed by atoms with Crippen molar-refractivity contribution < 1.29 is 29.6 Å². The summed E-state index contributed by atoms with van der Waals surface area (Å²) >= 11 is 0. The van der Waals surface area contributed by atoms with Crippen molar-refractivity contribution in [2.75, 3.05) is 0 Å². The predicted octanol–water partition coefficient (Wildman–Crippen LogP) is -0.473. The van der Waals surface area contributed by atoms with E-state index in [2.05, 4.69) is 18.2 Å². The van der Waals surface area contributed by atoms with Crippen LogP contribution in [0.15, 0.2) is 30.3 Å². The van der Waals surface area contributed by atoms with Crippen molar-refractivity contribution in [1.82, 2.24) is 0 Å². The van der Waals surface area contributed by atoms with Gasteiger partial charge in [-0.25, -0.2) is 6.08 Å². The summed E-state index contributed by atoms with van der Waals surface area (Å²) in [5.41, 5.74) is 1.21. The fourth-order valence-corrected chi connectivity index (χ4v) is 0.716. The van der Waals surface area contributed by atoms with Crippen molar-refractivity contribution in [1.29, 1.82) is 0 Å². The minimum atomic E-state index is 0. The summed E-state index contributed by atoms with van der Waals surface area (Å²) in [6.07, 6.45) is 4.92. The third-order valence-electron chi connectivity index (χ3n) is 1.11. The predicted molar refractivity (Wildman–Crippen MR) is 39.8 cm³/mol. The fraction of sp³-hybridized carbons (Fsp3) is 0.111. The molecule has 0 bridgehead atoms. The van der Waals surface area contributed by atoms with Crippen LogP contribution in [0.4, 0.5) is 0 Å². The fourth-order valence-electron chi connectivity index (χ4n) is 0.716. The van der Waals surface area contributed by atoms with Crippen LogP contribution >= 0.6 is 0 Å². The molecule has 0 radical (unpaired) electrons. The zero-order valence-electron chi connectivity index (χ0n) is 6.46. The van der Waals surface area contributed by atoms with Gasteiger partial charge in [-0.15, -0.1) is 19.1 Å². The summed E-state index contributed by atoms with van der Waals surface area (Å²) in [4.78, 5) is 0. The van der Waals surface area contributed by atoms with Gasteiger partial charge in [0.15, 0.2) is 0 Å². The normalized spacial score (nSPS) is 9.30. The van der Waals surface area contributed by atoms with Crippen molar-refractivity contribution in [3.8, 4) is 0 Å². The van der Waals surface area contributed by atoms with E-state index >= 15 is 0 Å². The molecule has 0 aliphatic rings. The van der Waals surface area contributed by atoms with Crippen LogP contribution in [-0.4, -0.2) is 0 Å². The second-order valence-corrected chi connectivity index (χ2v) is 1.84. The van der Waals surface area contributed by atoms with E-state index in [-0.39, 0.29) is 29.6 Å². The standard InChI is InChI=1S/C9H9.Na/c1-2-6-9-7-4-3-5-8-9;/h3-8H,1H3;/q-1;+1. The van der Waals surface area contributed by atoms with Gasteiger partial charge in [0.2, 0.25) is 0 Å². The minimum Gasteiger partial charge on any atom is -0.278 e. The van der Waals surface area contributed by atoms with Crippen LogP contribution in [0.1, 0.15) is 12.5 Å². The van der Waals surface area contributed by atoms with Crippen LogP contribution in [-0.2, 0) is 0 Å². The molecular formula is C9H9Na. The number of benzene rings is 1. The Morgan fingerprint density at radius 3 is 2.30 bits per heavy atom. The molecule has 0 aliphatic heterocycles. The van der Waals surface area contributed by atoms with Crippen LogP contribution in [0.5, 0.6) is 0 Å². The molecule has 1 heteroatoms. The summed E-state index contributed by atoms with van der Waals surface area (Å²) in [5, 5.41) is 0. The molecule has 0 atom stereocenters. The Hall–Kier alpha value is -0.0400. The molecule has 0 spiro atoms. The van der Waals surface area contributed by atoms with Gasteiger partial charge in [-0.05, 0) is 0 Å². The SMILES string of the molecule is C[C-]=Cc1ccccc1.[Na+]. The third-order valence-corrected chi connectivity index (χ3v) is 1.11. The molecule has 0 fully saturated rings. The summed E-state index contributed by atoms with van der Waals surface area (Å²) in [6.45, 7) is 1.90. The van der Waals surface area contributed by atoms with Crippen LogP contribution < -0.4 is 29.6 Å². The van der Waals surface area contributed by atoms with E-state index in [1.165, 1.54) is 5.56 Å². The van der Waals surface area contributed by atoms with Gasteiger partial charge in [0.05, 0.1) is 0 Å². The average molecular weight is 140 g/mol. The monoisotopic (exact) mass is 140 g/mol. The first-order valence-corrected chi connectivity index (χ1v) is 2.99. The molecule has 0 nitrogen and oxygen atoms in total. The van der Waals surface area contributed by atoms with Crippen molar-refractivity contribution in [3.05, 3.63) is 42.0 Å². The molecule has 1 rings (SSSR count). The van der Waals surface area contributed by atoms with E-state index in [0.717, 1.165) is 0 Å². The maximum atomic E-state index is 2.96. The van der Waals surface area contributed by atoms with E-state index < -0.39 is 0 Å². The Morgan fingerprint density at radius 1 is 1.20 bits per heavy atom. The van der Waals surface area contributed by atoms with Gasteiger partial charge >= 0.3 is 29.6 Å². The zero-order chi connectivity index (χ0) is 6.53. The number of hydrogen-bond acceptors (Lipinski definition) is 0. The van der Waals surface area contributed by atoms with E-state index in [1.807, 2.05) is 31.2 Å². The molecule has 0 saturated heterocycles. The van der Waals surface area contributed by atoms with E-state index in [1.54, 1.807) is 0 Å². The van der Waals surface area contributed by atoms with E-state index in [0.29, 0.717) is 0 Å². The third kappa shape index (κ3) is 3.21. The average Bonchev–Trinajstić information content (AvgIpc) is 1.91. The van der Waals surface area contributed by atoms with Crippen molar-refractivity contribution in [3.63, 3.8) is 0 Å². The molecule has 0 saturated carbocycles. The summed E-state index contributed by atoms with van der Waals surface area (Å²) in [7, 11) is 0. The number of allylic oxidation sites excluding steroid dienone is 1. The van der Waals surface area contributed by atoms with Gasteiger partial charge in [-0.3, -0.25) is 6.08 Å². The van der Waals surface area contributed by atoms with E-state index in [9.17, 15) is 0 Å². The molecule has 1 aromatic carbocycles. The summed E-state index contributed by atoms with van der Waals surface area (Å²) < 4.78 is 0. The second-order valence-electron chi connectivity index (χ2n) is 1.84. The van der Waals surface area contributed by atoms with Gasteiger partial charge < -0.3 is 0 Å². The molecule has 0 heterocycles. The largest absolute Gasteiger partial charge is 1.00 e. The number of rotatable bonds is 1. The maximum absolute atomic E-state index is 2.96. The van der Waals surface area contributed by atoms with Crippen molar-refractivity contribution >= 4 is 6.08 Å². The molecule has 0 aliphatic carbocycles. The summed E-state index contributed by atoms with van der Waals surface area (Å²) in [5.74, 6) is 0. The molecule has 0 N–H and O–H groups in total. The Labute approximate surface area is 84.3 Å². The molecule has 46 valence electrons. The number of hydrogen-bond donors (Lipinski definition) is 0. The maximum Gasteiger partial charge on any atom is 1.00 e. The Bertz CT molecular complexity index is 189. The first-order chi connectivity index (χ1) is 4.43. The van der Waals surface area contributed by atoms with Crippen molar-refractivity contribution in [2.24, 2.45) is 0 Å². The first kappa shape index (κ1) is 9.96. The molecule has 0 aromatic heterocycles. The Morgan fingerprint density at radius 2 is 1.80 bits per heavy atom. The Balaban J connectivity index is 0.000000810. The smallest absolute Gasteiger partial charge is 0.278 e. The molecule has 0 amide bonds. The van der Waals surface area contributed by atoms with Crippen LogP contribution in [0.25, 0.3) is 6.08 Å². The van der Waals surface area contributed by atoms with Crippen LogP contribution in [0, 0.1) is 6.08 Å². The molecule has 0 unspecified atom stereocenters. The van der Waals surface area contributed by atoms with Crippen molar-refractivity contribution in [2.45, 2.75) is 6.92 Å². The van der Waals surface area contributed by atoms with Gasteiger partial charge in [0.1, 0.15) is 0 Å². The Kier molecular flexibility index (Phi) is 5.70. The minimum absolute atomic E-state index is 0. The van der Waals surface area contributed by atoms with Gasteiger partial charge in [0, 0.05) is 0 Å². The van der Waals surface area contributed by atoms with Crippen LogP contribution in [0.2, 0.25) is 0 Å². The second kappa shape index (κ2) is 5.72. The van der Waals surface area contributed by atoms with Gasteiger partial charge in [0.25, 0.3) is 0 Å². The topological polar surface area (TPSA) is 0 Å². The molecule has 10 heavy (non-hydrogen) atoms. The zero-order valence-corrected chi connectivity index (χ0v) is 8.46. The molecule has 1 aromatic rings. The first-order valence-electron chi connectivity index (χ1n) is 2.99. The van der Waals surface area contributed by atoms with Crippen LogP contribution in [0.3, 0.4) is 0 Å².